The van der Waals surface area contributed by atoms with Crippen LogP contribution in [0.15, 0.2) is 79.9 Å². The van der Waals surface area contributed by atoms with Gasteiger partial charge in [0.1, 0.15) is 24.4 Å². The Bertz CT molecular complexity index is 1200. The third kappa shape index (κ3) is 8.22. The van der Waals surface area contributed by atoms with E-state index in [1.165, 1.54) is 11.0 Å². The predicted octanol–water partition coefficient (Wildman–Crippen LogP) is 4.04. The predicted molar refractivity (Wildman–Crippen MR) is 163 cm³/mol. The highest BCUT2D eigenvalue weighted by Crippen LogP contribution is 2.32. The SMILES string of the molecule is C=CCOC(=O)[C@@H]1CCCN1C(=O)[C@@H](CC(C)C)NC(=O)[C@H](O)[C@@H](c1ccccc1)N(CC=C)c1ccc(OC)cc1. The van der Waals surface area contributed by atoms with Gasteiger partial charge in [0, 0.05) is 18.8 Å². The highest BCUT2D eigenvalue weighted by atomic mass is 16.5. The number of nitrogens with one attached hydrogen (secondary N) is 1. The second-order valence-corrected chi connectivity index (χ2v) is 10.7. The van der Waals surface area contributed by atoms with E-state index in [1.807, 2.05) is 73.3 Å². The number of rotatable bonds is 15. The molecule has 226 valence electrons. The van der Waals surface area contributed by atoms with Crippen LogP contribution in [0.3, 0.4) is 0 Å². The molecule has 2 N–H and O–H groups in total. The van der Waals surface area contributed by atoms with Crippen molar-refractivity contribution in [1.29, 1.82) is 0 Å². The number of ether oxygens (including phenoxy) is 2. The Morgan fingerprint density at radius 2 is 1.79 bits per heavy atom. The lowest BCUT2D eigenvalue weighted by Gasteiger charge is -2.36. The van der Waals surface area contributed by atoms with Gasteiger partial charge in [0.05, 0.1) is 13.2 Å². The summed E-state index contributed by atoms with van der Waals surface area (Å²) in [4.78, 5) is 43.5. The molecule has 1 aliphatic rings. The Balaban J connectivity index is 1.90. The Labute approximate surface area is 248 Å². The molecular formula is C33H43N3O6. The van der Waals surface area contributed by atoms with E-state index in [0.717, 1.165) is 5.69 Å². The lowest BCUT2D eigenvalue weighted by atomic mass is 9.96. The number of carbonyl (C=O) groups is 3. The number of aliphatic hydroxyl groups excluding tert-OH is 1. The summed E-state index contributed by atoms with van der Waals surface area (Å²) in [7, 11) is 1.58. The Hall–Kier alpha value is -4.11. The third-order valence-electron chi connectivity index (χ3n) is 7.25. The smallest absolute Gasteiger partial charge is 0.329 e. The monoisotopic (exact) mass is 577 g/mol. The first-order valence-corrected chi connectivity index (χ1v) is 14.3. The van der Waals surface area contributed by atoms with E-state index < -0.39 is 36.1 Å². The molecule has 1 saturated heterocycles. The number of methoxy groups -OCH3 is 1. The summed E-state index contributed by atoms with van der Waals surface area (Å²) in [5.74, 6) is -0.798. The fourth-order valence-electron chi connectivity index (χ4n) is 5.28. The first-order chi connectivity index (χ1) is 20.2. The maximum Gasteiger partial charge on any atom is 0.329 e. The van der Waals surface area contributed by atoms with E-state index in [1.54, 1.807) is 13.2 Å². The summed E-state index contributed by atoms with van der Waals surface area (Å²) >= 11 is 0. The first kappa shape index (κ1) is 32.4. The van der Waals surface area contributed by atoms with E-state index in [4.69, 9.17) is 9.47 Å². The second-order valence-electron chi connectivity index (χ2n) is 10.7. The zero-order valence-electron chi connectivity index (χ0n) is 24.8. The Morgan fingerprint density at radius 3 is 2.38 bits per heavy atom. The number of benzene rings is 2. The summed E-state index contributed by atoms with van der Waals surface area (Å²) in [6, 6.07) is 14.1. The van der Waals surface area contributed by atoms with Crippen LogP contribution in [0.2, 0.25) is 0 Å². The van der Waals surface area contributed by atoms with E-state index in [2.05, 4.69) is 18.5 Å². The van der Waals surface area contributed by atoms with Gasteiger partial charge in [-0.3, -0.25) is 9.59 Å². The molecular weight excluding hydrogens is 534 g/mol. The fraction of sp³-hybridized carbons (Fsp3) is 0.424. The number of anilines is 1. The summed E-state index contributed by atoms with van der Waals surface area (Å²) in [5.41, 5.74) is 1.47. The van der Waals surface area contributed by atoms with E-state index in [-0.39, 0.29) is 18.4 Å². The van der Waals surface area contributed by atoms with Crippen molar-refractivity contribution >= 4 is 23.5 Å². The minimum absolute atomic E-state index is 0.0615. The minimum Gasteiger partial charge on any atom is -0.497 e. The number of hydrogen-bond donors (Lipinski definition) is 2. The molecule has 0 aromatic heterocycles. The molecule has 2 aromatic rings. The number of aliphatic hydroxyl groups is 1. The molecule has 0 bridgehead atoms. The van der Waals surface area contributed by atoms with Crippen molar-refractivity contribution in [3.63, 3.8) is 0 Å². The van der Waals surface area contributed by atoms with Crippen LogP contribution >= 0.6 is 0 Å². The minimum atomic E-state index is -1.54. The van der Waals surface area contributed by atoms with E-state index >= 15 is 0 Å². The molecule has 2 aromatic carbocycles. The number of nitrogens with zero attached hydrogens (tertiary/aromatic N) is 2. The number of amides is 2. The standard InChI is InChI=1S/C33H43N3O6/c1-6-19-35(25-15-17-26(41-5)18-16-25)29(24-12-9-8-10-13-24)30(37)31(38)34-27(22-23(3)4)32(39)36-20-11-14-28(36)33(40)42-21-7-2/h6-10,12-13,15-18,23,27-30,37H,1-2,11,14,19-22H2,3-5H3,(H,34,38)/t27-,28+,29-,30-/m1/s1. The third-order valence-corrected chi connectivity index (χ3v) is 7.25. The van der Waals surface area contributed by atoms with Crippen LogP contribution in [0.25, 0.3) is 0 Å². The van der Waals surface area contributed by atoms with Crippen LogP contribution in [-0.4, -0.2) is 72.8 Å². The van der Waals surface area contributed by atoms with E-state index in [9.17, 15) is 19.5 Å². The molecule has 2 amide bonds. The van der Waals surface area contributed by atoms with Gasteiger partial charge in [-0.25, -0.2) is 4.79 Å². The number of likely N-dealkylation sites (tertiary alicyclic amines) is 1. The maximum atomic E-state index is 13.8. The Kier molecular flexibility index (Phi) is 12.2. The normalized spacial score (nSPS) is 16.7. The summed E-state index contributed by atoms with van der Waals surface area (Å²) in [5, 5.41) is 14.5. The molecule has 0 radical (unpaired) electrons. The van der Waals surface area contributed by atoms with Crippen LogP contribution in [0, 0.1) is 5.92 Å². The second kappa shape index (κ2) is 15.8. The van der Waals surface area contributed by atoms with Crippen LogP contribution in [0.4, 0.5) is 5.69 Å². The van der Waals surface area contributed by atoms with Crippen LogP contribution in [-0.2, 0) is 19.1 Å². The zero-order valence-corrected chi connectivity index (χ0v) is 24.8. The molecule has 0 unspecified atom stereocenters. The lowest BCUT2D eigenvalue weighted by Crippen LogP contribution is -2.55. The average Bonchev–Trinajstić information content (AvgIpc) is 3.49. The van der Waals surface area contributed by atoms with Crippen molar-refractivity contribution in [2.24, 2.45) is 5.92 Å². The Morgan fingerprint density at radius 1 is 1.10 bits per heavy atom. The first-order valence-electron chi connectivity index (χ1n) is 14.3. The number of hydrogen-bond acceptors (Lipinski definition) is 7. The van der Waals surface area contributed by atoms with Crippen molar-refractivity contribution in [2.45, 2.75) is 57.3 Å². The number of carbonyl (C=O) groups excluding carboxylic acids is 3. The quantitative estimate of drug-likeness (QED) is 0.243. The van der Waals surface area contributed by atoms with Gasteiger partial charge in [-0.1, -0.05) is 62.9 Å². The molecule has 9 heteroatoms. The topological polar surface area (TPSA) is 108 Å². The molecule has 1 fully saturated rings. The maximum absolute atomic E-state index is 13.8. The molecule has 0 saturated carbocycles. The van der Waals surface area contributed by atoms with Gasteiger partial charge >= 0.3 is 5.97 Å². The summed E-state index contributed by atoms with van der Waals surface area (Å²) in [6.07, 6.45) is 3.12. The number of esters is 1. The molecule has 0 spiro atoms. The van der Waals surface area contributed by atoms with Crippen LogP contribution < -0.4 is 15.0 Å². The lowest BCUT2D eigenvalue weighted by molar-refractivity contribution is -0.153. The zero-order chi connectivity index (χ0) is 30.6. The van der Waals surface area contributed by atoms with Gasteiger partial charge in [0.25, 0.3) is 5.91 Å². The van der Waals surface area contributed by atoms with Crippen molar-refractivity contribution in [1.82, 2.24) is 10.2 Å². The van der Waals surface area contributed by atoms with E-state index in [0.29, 0.717) is 43.7 Å². The van der Waals surface area contributed by atoms with Gasteiger partial charge < -0.3 is 29.7 Å². The van der Waals surface area contributed by atoms with Gasteiger partial charge in [-0.2, -0.15) is 0 Å². The molecule has 0 aliphatic carbocycles. The van der Waals surface area contributed by atoms with Crippen molar-refractivity contribution < 1.29 is 29.0 Å². The van der Waals surface area contributed by atoms with Gasteiger partial charge in [0.2, 0.25) is 5.91 Å². The van der Waals surface area contributed by atoms with Crippen molar-refractivity contribution in [2.75, 3.05) is 31.7 Å². The summed E-state index contributed by atoms with van der Waals surface area (Å²) < 4.78 is 10.5. The molecule has 1 heterocycles. The molecule has 4 atom stereocenters. The highest BCUT2D eigenvalue weighted by Gasteiger charge is 2.40. The van der Waals surface area contributed by atoms with Gasteiger partial charge in [-0.15, -0.1) is 6.58 Å². The van der Waals surface area contributed by atoms with Crippen LogP contribution in [0.1, 0.15) is 44.7 Å². The summed E-state index contributed by atoms with van der Waals surface area (Å²) in [6.45, 7) is 12.1. The largest absolute Gasteiger partial charge is 0.497 e. The molecule has 3 rings (SSSR count). The van der Waals surface area contributed by atoms with Crippen molar-refractivity contribution in [3.05, 3.63) is 85.5 Å². The molecule has 9 nitrogen and oxygen atoms in total. The average molecular weight is 578 g/mol. The molecule has 1 aliphatic heterocycles. The fourth-order valence-corrected chi connectivity index (χ4v) is 5.28. The van der Waals surface area contributed by atoms with Gasteiger partial charge in [0.15, 0.2) is 6.10 Å². The highest BCUT2D eigenvalue weighted by molar-refractivity contribution is 5.92. The van der Waals surface area contributed by atoms with Gasteiger partial charge in [-0.05, 0) is 55.0 Å². The van der Waals surface area contributed by atoms with Crippen LogP contribution in [0.5, 0.6) is 5.75 Å². The van der Waals surface area contributed by atoms with Crippen molar-refractivity contribution in [3.8, 4) is 5.75 Å². The molecule has 42 heavy (non-hydrogen) atoms.